The van der Waals surface area contributed by atoms with Crippen LogP contribution in [-0.4, -0.2) is 40.6 Å². The minimum Gasteiger partial charge on any atom is -0.481 e. The zero-order chi connectivity index (χ0) is 17.1. The van der Waals surface area contributed by atoms with Crippen molar-refractivity contribution in [2.24, 2.45) is 5.92 Å². The third-order valence-electron chi connectivity index (χ3n) is 4.84. The SMILES string of the molecule is Cc1cnccc1CCN1C[C@@H](C(=O)O)[C@H](c2ccc(Br)cc2)C1. The Morgan fingerprint density at radius 3 is 2.71 bits per heavy atom. The number of aryl methyl sites for hydroxylation is 1. The summed E-state index contributed by atoms with van der Waals surface area (Å²) in [7, 11) is 0. The molecule has 1 saturated heterocycles. The van der Waals surface area contributed by atoms with Crippen molar-refractivity contribution >= 4 is 21.9 Å². The summed E-state index contributed by atoms with van der Waals surface area (Å²) in [6.45, 7) is 4.35. The standard InChI is InChI=1S/C19H21BrN2O2/c1-13-10-21-8-6-14(13)7-9-22-11-17(18(12-22)19(23)24)15-2-4-16(20)5-3-15/h2-6,8,10,17-18H,7,9,11-12H2,1H3,(H,23,24)/t17-,18+/m0/s1. The number of halogens is 1. The van der Waals surface area contributed by atoms with Gasteiger partial charge >= 0.3 is 5.97 Å². The fraction of sp³-hybridized carbons (Fsp3) is 0.368. The lowest BCUT2D eigenvalue weighted by Gasteiger charge is -2.16. The van der Waals surface area contributed by atoms with Crippen LogP contribution in [0.15, 0.2) is 47.2 Å². The topological polar surface area (TPSA) is 53.4 Å². The van der Waals surface area contributed by atoms with Crippen LogP contribution in [0.1, 0.15) is 22.6 Å². The Balaban J connectivity index is 1.69. The summed E-state index contributed by atoms with van der Waals surface area (Å²) >= 11 is 3.44. The van der Waals surface area contributed by atoms with Gasteiger partial charge in [0, 0.05) is 42.4 Å². The van der Waals surface area contributed by atoms with E-state index in [1.807, 2.05) is 42.7 Å². The number of carbonyl (C=O) groups is 1. The smallest absolute Gasteiger partial charge is 0.308 e. The fourth-order valence-corrected chi connectivity index (χ4v) is 3.69. The summed E-state index contributed by atoms with van der Waals surface area (Å²) in [4.78, 5) is 18.1. The third kappa shape index (κ3) is 3.84. The molecule has 0 unspecified atom stereocenters. The summed E-state index contributed by atoms with van der Waals surface area (Å²) in [5.74, 6) is -0.996. The number of hydrogen-bond acceptors (Lipinski definition) is 3. The highest BCUT2D eigenvalue weighted by molar-refractivity contribution is 9.10. The predicted octanol–water partition coefficient (Wildman–Crippen LogP) is 3.50. The molecule has 0 bridgehead atoms. The van der Waals surface area contributed by atoms with Crippen molar-refractivity contribution in [2.75, 3.05) is 19.6 Å². The van der Waals surface area contributed by atoms with E-state index in [9.17, 15) is 9.90 Å². The fourth-order valence-electron chi connectivity index (χ4n) is 3.43. The van der Waals surface area contributed by atoms with Gasteiger partial charge in [0.1, 0.15) is 0 Å². The summed E-state index contributed by atoms with van der Waals surface area (Å²) in [5.41, 5.74) is 3.58. The van der Waals surface area contributed by atoms with Crippen LogP contribution in [0.2, 0.25) is 0 Å². The summed E-state index contributed by atoms with van der Waals surface area (Å²) in [5, 5.41) is 9.60. The number of hydrogen-bond donors (Lipinski definition) is 1. The molecule has 1 N–H and O–H groups in total. The van der Waals surface area contributed by atoms with Crippen LogP contribution in [0, 0.1) is 12.8 Å². The molecule has 0 radical (unpaired) electrons. The van der Waals surface area contributed by atoms with E-state index in [4.69, 9.17) is 0 Å². The molecular weight excluding hydrogens is 368 g/mol. The second kappa shape index (κ2) is 7.45. The molecule has 0 saturated carbocycles. The predicted molar refractivity (Wildman–Crippen MR) is 97.1 cm³/mol. The number of aromatic nitrogens is 1. The molecule has 1 aliphatic heterocycles. The number of likely N-dealkylation sites (tertiary alicyclic amines) is 1. The molecule has 3 rings (SSSR count). The quantitative estimate of drug-likeness (QED) is 0.851. The van der Waals surface area contributed by atoms with Crippen LogP contribution in [0.3, 0.4) is 0 Å². The van der Waals surface area contributed by atoms with Crippen molar-refractivity contribution in [3.05, 3.63) is 63.9 Å². The summed E-state index contributed by atoms with van der Waals surface area (Å²) in [6.07, 6.45) is 4.62. The van der Waals surface area contributed by atoms with Crippen molar-refractivity contribution in [1.29, 1.82) is 0 Å². The molecule has 1 aromatic carbocycles. The van der Waals surface area contributed by atoms with E-state index >= 15 is 0 Å². The molecular formula is C19H21BrN2O2. The number of aliphatic carboxylic acids is 1. The Morgan fingerprint density at radius 1 is 1.29 bits per heavy atom. The maximum atomic E-state index is 11.7. The van der Waals surface area contributed by atoms with Crippen molar-refractivity contribution in [2.45, 2.75) is 19.3 Å². The number of nitrogens with zero attached hydrogens (tertiary/aromatic N) is 2. The first-order valence-corrected chi connectivity index (χ1v) is 8.94. The lowest BCUT2D eigenvalue weighted by atomic mass is 9.89. The first kappa shape index (κ1) is 17.1. The Kier molecular flexibility index (Phi) is 5.31. The molecule has 0 aliphatic carbocycles. The number of pyridine rings is 1. The van der Waals surface area contributed by atoms with Crippen LogP contribution < -0.4 is 0 Å². The first-order chi connectivity index (χ1) is 11.5. The van der Waals surface area contributed by atoms with Gasteiger partial charge in [-0.25, -0.2) is 0 Å². The summed E-state index contributed by atoms with van der Waals surface area (Å²) < 4.78 is 1.01. The zero-order valence-corrected chi connectivity index (χ0v) is 15.2. The average molecular weight is 389 g/mol. The van der Waals surface area contributed by atoms with E-state index in [-0.39, 0.29) is 11.8 Å². The normalized spacial score (nSPS) is 21.1. The highest BCUT2D eigenvalue weighted by Crippen LogP contribution is 2.33. The third-order valence-corrected chi connectivity index (χ3v) is 5.37. The number of carboxylic acids is 1. The highest BCUT2D eigenvalue weighted by atomic mass is 79.9. The van der Waals surface area contributed by atoms with Crippen LogP contribution in [-0.2, 0) is 11.2 Å². The van der Waals surface area contributed by atoms with E-state index in [0.29, 0.717) is 6.54 Å². The monoisotopic (exact) mass is 388 g/mol. The van der Waals surface area contributed by atoms with Crippen molar-refractivity contribution in [1.82, 2.24) is 9.88 Å². The molecule has 2 aromatic rings. The van der Waals surface area contributed by atoms with E-state index in [1.165, 1.54) is 11.1 Å². The van der Waals surface area contributed by atoms with Gasteiger partial charge in [0.2, 0.25) is 0 Å². The summed E-state index contributed by atoms with van der Waals surface area (Å²) in [6, 6.07) is 10.1. The lowest BCUT2D eigenvalue weighted by molar-refractivity contribution is -0.141. The van der Waals surface area contributed by atoms with E-state index < -0.39 is 5.97 Å². The molecule has 126 valence electrons. The van der Waals surface area contributed by atoms with Crippen molar-refractivity contribution in [3.63, 3.8) is 0 Å². The van der Waals surface area contributed by atoms with Crippen molar-refractivity contribution < 1.29 is 9.90 Å². The minimum absolute atomic E-state index is 0.0501. The highest BCUT2D eigenvalue weighted by Gasteiger charge is 2.38. The molecule has 2 heterocycles. The lowest BCUT2D eigenvalue weighted by Crippen LogP contribution is -2.25. The molecule has 1 aliphatic rings. The van der Waals surface area contributed by atoms with E-state index in [1.54, 1.807) is 0 Å². The van der Waals surface area contributed by atoms with Crippen LogP contribution >= 0.6 is 15.9 Å². The Morgan fingerprint density at radius 2 is 2.04 bits per heavy atom. The molecule has 1 aromatic heterocycles. The molecule has 0 amide bonds. The second-order valence-electron chi connectivity index (χ2n) is 6.41. The van der Waals surface area contributed by atoms with Gasteiger partial charge in [0.15, 0.2) is 0 Å². The Hall–Kier alpha value is -1.72. The molecule has 4 nitrogen and oxygen atoms in total. The molecule has 1 fully saturated rings. The average Bonchev–Trinajstić information content (AvgIpc) is 2.99. The van der Waals surface area contributed by atoms with Crippen LogP contribution in [0.4, 0.5) is 0 Å². The van der Waals surface area contributed by atoms with Gasteiger partial charge in [-0.3, -0.25) is 9.78 Å². The Labute approximate surface area is 150 Å². The van der Waals surface area contributed by atoms with Crippen molar-refractivity contribution in [3.8, 4) is 0 Å². The number of carboxylic acid groups (broad SMARTS) is 1. The van der Waals surface area contributed by atoms with Gasteiger partial charge in [-0.1, -0.05) is 28.1 Å². The molecule has 2 atom stereocenters. The number of benzene rings is 1. The van der Waals surface area contributed by atoms with Crippen LogP contribution in [0.5, 0.6) is 0 Å². The van der Waals surface area contributed by atoms with Gasteiger partial charge < -0.3 is 10.0 Å². The Bertz CT molecular complexity index is 718. The molecule has 0 spiro atoms. The van der Waals surface area contributed by atoms with Gasteiger partial charge in [-0.2, -0.15) is 0 Å². The number of rotatable bonds is 5. The molecule has 5 heteroatoms. The van der Waals surface area contributed by atoms with Gasteiger partial charge in [0.25, 0.3) is 0 Å². The maximum absolute atomic E-state index is 11.7. The zero-order valence-electron chi connectivity index (χ0n) is 13.7. The van der Waals surface area contributed by atoms with E-state index in [0.717, 1.165) is 29.5 Å². The van der Waals surface area contributed by atoms with Gasteiger partial charge in [0.05, 0.1) is 5.92 Å². The van der Waals surface area contributed by atoms with Gasteiger partial charge in [-0.15, -0.1) is 0 Å². The largest absolute Gasteiger partial charge is 0.481 e. The maximum Gasteiger partial charge on any atom is 0.308 e. The molecule has 24 heavy (non-hydrogen) atoms. The second-order valence-corrected chi connectivity index (χ2v) is 7.33. The van der Waals surface area contributed by atoms with Crippen LogP contribution in [0.25, 0.3) is 0 Å². The first-order valence-electron chi connectivity index (χ1n) is 8.14. The van der Waals surface area contributed by atoms with E-state index in [2.05, 4.69) is 32.7 Å². The van der Waals surface area contributed by atoms with Gasteiger partial charge in [-0.05, 0) is 48.2 Å². The minimum atomic E-state index is -0.703.